The molecule has 7 nitrogen and oxygen atoms in total. The first kappa shape index (κ1) is 16.8. The average molecular weight is 335 g/mol. The minimum atomic E-state index is -3.74. The fraction of sp³-hybridized carbons (Fsp3) is 0.133. The number of sulfonamides is 1. The lowest BCUT2D eigenvalue weighted by Gasteiger charge is -2.10. The van der Waals surface area contributed by atoms with Crippen molar-refractivity contribution >= 4 is 21.7 Å². The number of carbonyl (C=O) groups is 1. The van der Waals surface area contributed by atoms with Crippen LogP contribution in [0, 0.1) is 6.92 Å². The highest BCUT2D eigenvalue weighted by molar-refractivity contribution is 7.89. The average Bonchev–Trinajstić information content (AvgIpc) is 2.49. The van der Waals surface area contributed by atoms with Crippen LogP contribution in [0.5, 0.6) is 5.75 Å². The van der Waals surface area contributed by atoms with E-state index in [0.29, 0.717) is 11.4 Å². The van der Waals surface area contributed by atoms with Crippen molar-refractivity contribution in [3.8, 4) is 5.75 Å². The Bertz CT molecular complexity index is 771. The Morgan fingerprint density at radius 2 is 1.70 bits per heavy atom. The molecule has 0 spiro atoms. The fourth-order valence-corrected chi connectivity index (χ4v) is 2.24. The van der Waals surface area contributed by atoms with Crippen LogP contribution in [0.1, 0.15) is 5.56 Å². The number of primary sulfonamides is 1. The van der Waals surface area contributed by atoms with Crippen LogP contribution in [-0.2, 0) is 10.0 Å². The van der Waals surface area contributed by atoms with Gasteiger partial charge in [0, 0.05) is 5.69 Å². The molecule has 0 atom stereocenters. The highest BCUT2D eigenvalue weighted by Crippen LogP contribution is 2.13. The van der Waals surface area contributed by atoms with Gasteiger partial charge in [-0.05, 0) is 43.3 Å². The quantitative estimate of drug-likeness (QED) is 0.724. The van der Waals surface area contributed by atoms with Gasteiger partial charge in [0.25, 0.3) is 0 Å². The summed E-state index contributed by atoms with van der Waals surface area (Å²) in [5.41, 5.74) is 1.55. The number of hydrogen-bond donors (Lipinski definition) is 3. The summed E-state index contributed by atoms with van der Waals surface area (Å²) in [5, 5.41) is 10.1. The van der Waals surface area contributed by atoms with E-state index < -0.39 is 16.1 Å². The number of ether oxygens (including phenoxy) is 1. The third-order valence-corrected chi connectivity index (χ3v) is 3.86. The molecule has 8 heteroatoms. The van der Waals surface area contributed by atoms with Gasteiger partial charge in [-0.2, -0.15) is 0 Å². The number of amides is 2. The number of hydrogen-bond acceptors (Lipinski definition) is 4. The number of urea groups is 1. The van der Waals surface area contributed by atoms with Gasteiger partial charge in [-0.25, -0.2) is 18.4 Å². The van der Waals surface area contributed by atoms with Crippen LogP contribution < -0.4 is 20.5 Å². The molecule has 2 aromatic carbocycles. The van der Waals surface area contributed by atoms with Gasteiger partial charge in [0.05, 0.1) is 4.90 Å². The molecule has 0 aromatic heterocycles. The molecule has 0 aliphatic heterocycles. The van der Waals surface area contributed by atoms with Gasteiger partial charge in [0.15, 0.2) is 6.73 Å². The lowest BCUT2D eigenvalue weighted by atomic mass is 10.2. The fourth-order valence-electron chi connectivity index (χ4n) is 1.72. The van der Waals surface area contributed by atoms with Gasteiger partial charge in [-0.1, -0.05) is 17.7 Å². The highest BCUT2D eigenvalue weighted by Gasteiger charge is 2.07. The van der Waals surface area contributed by atoms with Crippen LogP contribution in [0.25, 0.3) is 0 Å². The number of anilines is 1. The molecule has 23 heavy (non-hydrogen) atoms. The number of aryl methyl sites for hydroxylation is 1. The van der Waals surface area contributed by atoms with Crippen LogP contribution in [0.3, 0.4) is 0 Å². The van der Waals surface area contributed by atoms with E-state index in [1.54, 1.807) is 12.1 Å². The molecule has 2 rings (SSSR count). The van der Waals surface area contributed by atoms with Gasteiger partial charge >= 0.3 is 6.03 Å². The molecule has 4 N–H and O–H groups in total. The molecule has 2 amide bonds. The molecule has 2 aromatic rings. The van der Waals surface area contributed by atoms with Crippen molar-refractivity contribution < 1.29 is 17.9 Å². The van der Waals surface area contributed by atoms with E-state index >= 15 is 0 Å². The number of rotatable bonds is 5. The van der Waals surface area contributed by atoms with Crippen LogP contribution in [-0.4, -0.2) is 21.2 Å². The standard InChI is InChI=1S/C15H17N3O4S/c1-11-2-6-13(7-3-11)22-10-17-15(19)18-12-4-8-14(9-5-12)23(16,20)21/h2-9H,10H2,1H3,(H2,16,20,21)(H2,17,18,19). The lowest BCUT2D eigenvalue weighted by molar-refractivity contribution is 0.234. The Labute approximate surface area is 134 Å². The molecule has 0 bridgehead atoms. The number of nitrogens with two attached hydrogens (primary N) is 1. The smallest absolute Gasteiger partial charge is 0.321 e. The molecule has 0 fully saturated rings. The predicted octanol–water partition coefficient (Wildman–Crippen LogP) is 1.80. The second kappa shape index (κ2) is 7.12. The van der Waals surface area contributed by atoms with Crippen molar-refractivity contribution in [2.45, 2.75) is 11.8 Å². The maximum Gasteiger partial charge on any atom is 0.321 e. The summed E-state index contributed by atoms with van der Waals surface area (Å²) >= 11 is 0. The largest absolute Gasteiger partial charge is 0.473 e. The highest BCUT2D eigenvalue weighted by atomic mass is 32.2. The Kier molecular flexibility index (Phi) is 5.20. The summed E-state index contributed by atoms with van der Waals surface area (Å²) in [6.07, 6.45) is 0. The lowest BCUT2D eigenvalue weighted by Crippen LogP contribution is -2.32. The van der Waals surface area contributed by atoms with Crippen molar-refractivity contribution in [3.63, 3.8) is 0 Å². The number of benzene rings is 2. The van der Waals surface area contributed by atoms with E-state index in [9.17, 15) is 13.2 Å². The third-order valence-electron chi connectivity index (χ3n) is 2.93. The Morgan fingerprint density at radius 3 is 2.26 bits per heavy atom. The molecule has 122 valence electrons. The van der Waals surface area contributed by atoms with Crippen molar-refractivity contribution in [2.75, 3.05) is 12.0 Å². The topological polar surface area (TPSA) is 111 Å². The summed E-state index contributed by atoms with van der Waals surface area (Å²) < 4.78 is 27.6. The normalized spacial score (nSPS) is 10.9. The molecular weight excluding hydrogens is 318 g/mol. The molecule has 0 unspecified atom stereocenters. The predicted molar refractivity (Wildman–Crippen MR) is 86.6 cm³/mol. The first-order valence-electron chi connectivity index (χ1n) is 6.72. The van der Waals surface area contributed by atoms with Gasteiger partial charge < -0.3 is 15.4 Å². The first-order chi connectivity index (χ1) is 10.8. The molecule has 0 heterocycles. The monoisotopic (exact) mass is 335 g/mol. The van der Waals surface area contributed by atoms with E-state index in [0.717, 1.165) is 5.56 Å². The third kappa shape index (κ3) is 5.28. The maximum atomic E-state index is 11.7. The van der Waals surface area contributed by atoms with Crippen LogP contribution in [0.15, 0.2) is 53.4 Å². The van der Waals surface area contributed by atoms with Crippen molar-refractivity contribution in [1.82, 2.24) is 5.32 Å². The summed E-state index contributed by atoms with van der Waals surface area (Å²) in [4.78, 5) is 11.7. The van der Waals surface area contributed by atoms with Crippen LogP contribution in [0.2, 0.25) is 0 Å². The zero-order chi connectivity index (χ0) is 16.9. The van der Waals surface area contributed by atoms with Gasteiger partial charge in [-0.15, -0.1) is 0 Å². The second-order valence-corrected chi connectivity index (χ2v) is 6.36. The number of carbonyl (C=O) groups excluding carboxylic acids is 1. The minimum absolute atomic E-state index is 0.00412. The summed E-state index contributed by atoms with van der Waals surface area (Å²) in [7, 11) is -3.74. The van der Waals surface area contributed by atoms with Gasteiger partial charge in [-0.3, -0.25) is 0 Å². The number of nitrogens with one attached hydrogen (secondary N) is 2. The molecule has 0 aliphatic carbocycles. The zero-order valence-corrected chi connectivity index (χ0v) is 13.3. The summed E-state index contributed by atoms with van der Waals surface area (Å²) in [6, 6.07) is 12.5. The van der Waals surface area contributed by atoms with Crippen molar-refractivity contribution in [2.24, 2.45) is 5.14 Å². The van der Waals surface area contributed by atoms with E-state index in [1.807, 2.05) is 19.1 Å². The maximum absolute atomic E-state index is 11.7. The van der Waals surface area contributed by atoms with E-state index in [1.165, 1.54) is 24.3 Å². The second-order valence-electron chi connectivity index (χ2n) is 4.80. The molecule has 0 saturated heterocycles. The van der Waals surface area contributed by atoms with E-state index in [2.05, 4.69) is 10.6 Å². The van der Waals surface area contributed by atoms with Crippen molar-refractivity contribution in [1.29, 1.82) is 0 Å². The SMILES string of the molecule is Cc1ccc(OCNC(=O)Nc2ccc(S(N)(=O)=O)cc2)cc1. The molecule has 0 saturated carbocycles. The molecular formula is C15H17N3O4S. The molecule has 0 aliphatic rings. The minimum Gasteiger partial charge on any atom is -0.473 e. The Morgan fingerprint density at radius 1 is 1.09 bits per heavy atom. The first-order valence-corrected chi connectivity index (χ1v) is 8.26. The summed E-state index contributed by atoms with van der Waals surface area (Å²) in [5.74, 6) is 0.647. The zero-order valence-electron chi connectivity index (χ0n) is 12.4. The Hall–Kier alpha value is -2.58. The summed E-state index contributed by atoms with van der Waals surface area (Å²) in [6.45, 7) is 1.97. The van der Waals surface area contributed by atoms with Crippen LogP contribution in [0.4, 0.5) is 10.5 Å². The van der Waals surface area contributed by atoms with Gasteiger partial charge in [0.1, 0.15) is 5.75 Å². The van der Waals surface area contributed by atoms with Crippen LogP contribution >= 0.6 is 0 Å². The Balaban J connectivity index is 1.81. The van der Waals surface area contributed by atoms with E-state index in [4.69, 9.17) is 9.88 Å². The molecule has 0 radical (unpaired) electrons. The van der Waals surface area contributed by atoms with E-state index in [-0.39, 0.29) is 11.6 Å². The van der Waals surface area contributed by atoms with Crippen molar-refractivity contribution in [3.05, 3.63) is 54.1 Å². The van der Waals surface area contributed by atoms with Gasteiger partial charge in [0.2, 0.25) is 10.0 Å².